The fourth-order valence-electron chi connectivity index (χ4n) is 4.86. The Morgan fingerprint density at radius 2 is 1.62 bits per heavy atom. The minimum Gasteiger partial charge on any atom is -0.478 e. The molecule has 1 N–H and O–H groups in total. The topological polar surface area (TPSA) is 93.1 Å². The smallest absolute Gasteiger partial charge is 0.415 e. The molecule has 8 heteroatoms. The maximum absolute atomic E-state index is 13.8. The fraction of sp³-hybridized carbons (Fsp3) is 0.323. The summed E-state index contributed by atoms with van der Waals surface area (Å²) >= 11 is 1.60. The molecule has 7 nitrogen and oxygen atoms in total. The summed E-state index contributed by atoms with van der Waals surface area (Å²) in [6, 6.07) is 20.1. The number of carboxylic acids is 1. The second-order valence-corrected chi connectivity index (χ2v) is 11.1. The van der Waals surface area contributed by atoms with Crippen molar-refractivity contribution in [2.45, 2.75) is 44.1 Å². The Balaban J connectivity index is 1.71. The normalized spacial score (nSPS) is 17.1. The maximum atomic E-state index is 13.8. The van der Waals surface area contributed by atoms with Gasteiger partial charge < -0.3 is 19.5 Å². The number of carbonyl (C=O) groups excluding carboxylic acids is 2. The van der Waals surface area contributed by atoms with Gasteiger partial charge in [-0.2, -0.15) is 0 Å². The van der Waals surface area contributed by atoms with Crippen LogP contribution in [0.25, 0.3) is 0 Å². The molecule has 0 spiro atoms. The predicted molar refractivity (Wildman–Crippen MR) is 151 cm³/mol. The number of ether oxygens (including phenoxy) is 2. The number of benzene rings is 3. The minimum absolute atomic E-state index is 0.0593. The molecule has 204 valence electrons. The maximum Gasteiger partial charge on any atom is 0.415 e. The number of Topliss-reactive ketones (excluding diaryl/α,β-unsaturated/α-hetero) is 1. The molecule has 3 aromatic rings. The van der Waals surface area contributed by atoms with Crippen molar-refractivity contribution in [1.29, 1.82) is 0 Å². The number of carboxylic acid groups (broad SMARTS) is 1. The van der Waals surface area contributed by atoms with Crippen LogP contribution in [0, 0.1) is 19.8 Å². The third kappa shape index (κ3) is 6.11. The molecule has 4 rings (SSSR count). The van der Waals surface area contributed by atoms with Crippen molar-refractivity contribution in [3.63, 3.8) is 0 Å². The first kappa shape index (κ1) is 28.2. The summed E-state index contributed by atoms with van der Waals surface area (Å²) in [7, 11) is 0. The highest BCUT2D eigenvalue weighted by Crippen LogP contribution is 2.41. The minimum atomic E-state index is -1.44. The van der Waals surface area contributed by atoms with E-state index in [1.807, 2.05) is 62.6 Å². The zero-order valence-electron chi connectivity index (χ0n) is 22.8. The predicted octanol–water partition coefficient (Wildman–Crippen LogP) is 6.36. The number of ketones is 1. The van der Waals surface area contributed by atoms with Crippen LogP contribution < -0.4 is 9.47 Å². The van der Waals surface area contributed by atoms with E-state index >= 15 is 0 Å². The quantitative estimate of drug-likeness (QED) is 0.259. The highest BCUT2D eigenvalue weighted by atomic mass is 32.2. The van der Waals surface area contributed by atoms with E-state index in [-0.39, 0.29) is 24.8 Å². The fourth-order valence-corrected chi connectivity index (χ4v) is 5.27. The van der Waals surface area contributed by atoms with Gasteiger partial charge in [-0.25, -0.2) is 9.59 Å². The van der Waals surface area contributed by atoms with Crippen molar-refractivity contribution in [2.75, 3.05) is 19.3 Å². The average molecular weight is 548 g/mol. The first-order chi connectivity index (χ1) is 18.5. The summed E-state index contributed by atoms with van der Waals surface area (Å²) in [6.45, 7) is 7.21. The Morgan fingerprint density at radius 3 is 2.23 bits per heavy atom. The number of aryl methyl sites for hydroxylation is 1. The molecule has 1 aliphatic rings. The number of aliphatic carboxylic acids is 1. The van der Waals surface area contributed by atoms with Gasteiger partial charge in [0.1, 0.15) is 11.5 Å². The second kappa shape index (κ2) is 11.5. The van der Waals surface area contributed by atoms with Crippen molar-refractivity contribution >= 4 is 29.6 Å². The van der Waals surface area contributed by atoms with Gasteiger partial charge in [-0.3, -0.25) is 4.79 Å². The molecule has 1 saturated heterocycles. The van der Waals surface area contributed by atoms with E-state index in [0.717, 1.165) is 21.6 Å². The molecule has 3 aromatic carbocycles. The summed E-state index contributed by atoms with van der Waals surface area (Å²) in [4.78, 5) is 41.4. The molecule has 1 heterocycles. The van der Waals surface area contributed by atoms with Crippen LogP contribution in [0.4, 0.5) is 4.79 Å². The Labute approximate surface area is 233 Å². The van der Waals surface area contributed by atoms with E-state index in [4.69, 9.17) is 9.47 Å². The molecule has 2 atom stereocenters. The number of amides is 1. The number of nitrogens with zero attached hydrogens (tertiary/aromatic N) is 1. The van der Waals surface area contributed by atoms with Gasteiger partial charge in [-0.15, -0.1) is 11.8 Å². The van der Waals surface area contributed by atoms with Crippen LogP contribution in [0.5, 0.6) is 11.5 Å². The molecule has 0 aromatic heterocycles. The zero-order chi connectivity index (χ0) is 28.3. The molecule has 2 unspecified atom stereocenters. The van der Waals surface area contributed by atoms with Crippen molar-refractivity contribution in [3.05, 3.63) is 89.0 Å². The van der Waals surface area contributed by atoms with Crippen LogP contribution in [0.3, 0.4) is 0 Å². The standard InChI is InChI=1S/C31H33NO6S/c1-19-11-16-24(20(2)28(19)38-31(3,4)29(34)35)25-17-32(30(36)37-22-9-7-6-8-10-22)18-26(25)27(33)21-12-14-23(39-5)15-13-21/h6-16,25-26H,17-18H2,1-5H3,(H,34,35). The number of hydrogen-bond acceptors (Lipinski definition) is 6. The summed E-state index contributed by atoms with van der Waals surface area (Å²) in [5.74, 6) is -1.09. The first-order valence-electron chi connectivity index (χ1n) is 12.7. The van der Waals surface area contributed by atoms with Gasteiger partial charge in [0.05, 0.1) is 0 Å². The van der Waals surface area contributed by atoms with E-state index in [1.165, 1.54) is 13.8 Å². The van der Waals surface area contributed by atoms with Crippen LogP contribution in [0.1, 0.15) is 46.8 Å². The molecular formula is C31H33NO6S. The third-order valence-corrected chi connectivity index (χ3v) is 7.90. The van der Waals surface area contributed by atoms with Crippen molar-refractivity contribution < 1.29 is 29.0 Å². The number of hydrogen-bond donors (Lipinski definition) is 1. The molecule has 1 amide bonds. The van der Waals surface area contributed by atoms with Crippen molar-refractivity contribution in [3.8, 4) is 11.5 Å². The first-order valence-corrected chi connectivity index (χ1v) is 14.0. The van der Waals surface area contributed by atoms with Gasteiger partial charge >= 0.3 is 12.1 Å². The van der Waals surface area contributed by atoms with Crippen LogP contribution >= 0.6 is 11.8 Å². The largest absolute Gasteiger partial charge is 0.478 e. The lowest BCUT2D eigenvalue weighted by molar-refractivity contribution is -0.152. The molecule has 1 aliphatic heterocycles. The van der Waals surface area contributed by atoms with Crippen molar-refractivity contribution in [2.24, 2.45) is 5.92 Å². The molecule has 0 bridgehead atoms. The SMILES string of the molecule is CSc1ccc(C(=O)C2CN(C(=O)Oc3ccccc3)CC2c2ccc(C)c(OC(C)(C)C(=O)O)c2C)cc1. The van der Waals surface area contributed by atoms with Gasteiger partial charge in [0.25, 0.3) is 0 Å². The molecular weight excluding hydrogens is 514 g/mol. The zero-order valence-corrected chi connectivity index (χ0v) is 23.6. The van der Waals surface area contributed by atoms with Crippen molar-refractivity contribution in [1.82, 2.24) is 4.90 Å². The molecule has 0 aliphatic carbocycles. The Hall–Kier alpha value is -3.78. The number of likely N-dealkylation sites (tertiary alicyclic amines) is 1. The highest BCUT2D eigenvalue weighted by Gasteiger charge is 2.42. The summed E-state index contributed by atoms with van der Waals surface area (Å²) in [5.41, 5.74) is 1.52. The van der Waals surface area contributed by atoms with Gasteiger partial charge in [0, 0.05) is 35.4 Å². The van der Waals surface area contributed by atoms with E-state index in [0.29, 0.717) is 17.1 Å². The van der Waals surface area contributed by atoms with Crippen LogP contribution in [-0.2, 0) is 4.79 Å². The molecule has 1 fully saturated rings. The van der Waals surface area contributed by atoms with E-state index in [9.17, 15) is 19.5 Å². The van der Waals surface area contributed by atoms with Gasteiger partial charge in [0.15, 0.2) is 11.4 Å². The van der Waals surface area contributed by atoms with Crippen LogP contribution in [-0.4, -0.2) is 52.8 Å². The number of rotatable bonds is 8. The van der Waals surface area contributed by atoms with E-state index in [1.54, 1.807) is 40.9 Å². The van der Waals surface area contributed by atoms with Gasteiger partial charge in [-0.05, 0) is 74.9 Å². The average Bonchev–Trinajstić information content (AvgIpc) is 3.36. The second-order valence-electron chi connectivity index (χ2n) is 10.2. The van der Waals surface area contributed by atoms with Crippen LogP contribution in [0.2, 0.25) is 0 Å². The molecule has 0 radical (unpaired) electrons. The summed E-state index contributed by atoms with van der Waals surface area (Å²) in [6.07, 6.45) is 1.46. The van der Waals surface area contributed by atoms with Gasteiger partial charge in [0.2, 0.25) is 0 Å². The highest BCUT2D eigenvalue weighted by molar-refractivity contribution is 7.98. The monoisotopic (exact) mass is 547 g/mol. The molecule has 39 heavy (non-hydrogen) atoms. The molecule has 0 saturated carbocycles. The van der Waals surface area contributed by atoms with E-state index in [2.05, 4.69) is 0 Å². The van der Waals surface area contributed by atoms with Gasteiger partial charge in [-0.1, -0.05) is 42.5 Å². The third-order valence-electron chi connectivity index (χ3n) is 7.15. The lowest BCUT2D eigenvalue weighted by Gasteiger charge is -2.27. The van der Waals surface area contributed by atoms with E-state index < -0.39 is 23.6 Å². The Kier molecular flexibility index (Phi) is 8.35. The Bertz CT molecular complexity index is 1370. The summed E-state index contributed by atoms with van der Waals surface area (Å²) < 4.78 is 11.6. The number of thioether (sulfide) groups is 1. The Morgan fingerprint density at radius 1 is 0.949 bits per heavy atom. The number of para-hydroxylation sites is 1. The lowest BCUT2D eigenvalue weighted by atomic mass is 9.81. The summed E-state index contributed by atoms with van der Waals surface area (Å²) in [5, 5.41) is 9.63. The lowest BCUT2D eigenvalue weighted by Crippen LogP contribution is -2.38. The van der Waals surface area contributed by atoms with Crippen LogP contribution in [0.15, 0.2) is 71.6 Å². The number of carbonyl (C=O) groups is 3.